The normalized spacial score (nSPS) is 12.2. The molecular weight excluding hydrogens is 280 g/mol. The van der Waals surface area contributed by atoms with Gasteiger partial charge in [-0.3, -0.25) is 4.79 Å². The third-order valence-electron chi connectivity index (χ3n) is 3.22. The summed E-state index contributed by atoms with van der Waals surface area (Å²) in [4.78, 5) is 13.8. The lowest BCUT2D eigenvalue weighted by atomic mass is 10.1. The highest BCUT2D eigenvalue weighted by Crippen LogP contribution is 2.23. The Hall–Kier alpha value is -1.81. The Morgan fingerprint density at radius 1 is 1.19 bits per heavy atom. The minimum absolute atomic E-state index is 0.0287. The van der Waals surface area contributed by atoms with Crippen LogP contribution in [0.1, 0.15) is 48.5 Å². The van der Waals surface area contributed by atoms with Crippen molar-refractivity contribution in [2.75, 3.05) is 5.32 Å². The van der Waals surface area contributed by atoms with E-state index in [9.17, 15) is 4.79 Å². The summed E-state index contributed by atoms with van der Waals surface area (Å²) in [7, 11) is 0. The Kier molecular flexibility index (Phi) is 5.39. The monoisotopic (exact) mass is 302 g/mol. The number of para-hydroxylation sites is 1. The Morgan fingerprint density at radius 2 is 1.95 bits per heavy atom. The standard InChI is InChI=1S/C17H22N2OS/c1-4-14(16-10-7-11-21-16)19-17(20)13-8-5-6-9-15(13)18-12(2)3/h5-12,14,18H,4H2,1-3H3,(H,19,20). The Balaban J connectivity index is 2.16. The molecule has 1 aromatic carbocycles. The van der Waals surface area contributed by atoms with E-state index in [0.717, 1.165) is 12.1 Å². The van der Waals surface area contributed by atoms with Gasteiger partial charge in [-0.15, -0.1) is 11.3 Å². The number of nitrogens with one attached hydrogen (secondary N) is 2. The maximum atomic E-state index is 12.6. The Morgan fingerprint density at radius 3 is 2.57 bits per heavy atom. The molecule has 0 aliphatic heterocycles. The lowest BCUT2D eigenvalue weighted by Crippen LogP contribution is -2.28. The highest BCUT2D eigenvalue weighted by molar-refractivity contribution is 7.10. The van der Waals surface area contributed by atoms with Crippen LogP contribution in [0.25, 0.3) is 0 Å². The first kappa shape index (κ1) is 15.6. The molecule has 1 amide bonds. The number of thiophene rings is 1. The summed E-state index contributed by atoms with van der Waals surface area (Å²) in [5.41, 5.74) is 1.58. The number of rotatable bonds is 6. The van der Waals surface area contributed by atoms with Gasteiger partial charge in [-0.1, -0.05) is 25.1 Å². The molecule has 2 N–H and O–H groups in total. The Labute approximate surface area is 130 Å². The van der Waals surface area contributed by atoms with Crippen LogP contribution in [0.3, 0.4) is 0 Å². The summed E-state index contributed by atoms with van der Waals surface area (Å²) in [5.74, 6) is -0.0287. The average Bonchev–Trinajstić information content (AvgIpc) is 2.98. The second kappa shape index (κ2) is 7.27. The van der Waals surface area contributed by atoms with Crippen molar-refractivity contribution < 1.29 is 4.79 Å². The molecular formula is C17H22N2OS. The van der Waals surface area contributed by atoms with Crippen LogP contribution in [0.5, 0.6) is 0 Å². The molecule has 1 atom stereocenters. The number of carbonyl (C=O) groups excluding carboxylic acids is 1. The van der Waals surface area contributed by atoms with E-state index >= 15 is 0 Å². The maximum Gasteiger partial charge on any atom is 0.253 e. The first-order valence-electron chi connectivity index (χ1n) is 7.31. The minimum atomic E-state index is -0.0287. The molecule has 0 aliphatic rings. The number of hydrogen-bond donors (Lipinski definition) is 2. The van der Waals surface area contributed by atoms with Crippen molar-refractivity contribution in [3.63, 3.8) is 0 Å². The molecule has 4 heteroatoms. The van der Waals surface area contributed by atoms with E-state index in [1.165, 1.54) is 4.88 Å². The van der Waals surface area contributed by atoms with Gasteiger partial charge in [0.25, 0.3) is 5.91 Å². The van der Waals surface area contributed by atoms with Crippen LogP contribution in [0, 0.1) is 0 Å². The minimum Gasteiger partial charge on any atom is -0.382 e. The number of benzene rings is 1. The fourth-order valence-corrected chi connectivity index (χ4v) is 3.08. The molecule has 112 valence electrons. The van der Waals surface area contributed by atoms with Crippen molar-refractivity contribution in [3.8, 4) is 0 Å². The largest absolute Gasteiger partial charge is 0.382 e. The van der Waals surface area contributed by atoms with Crippen molar-refractivity contribution in [1.29, 1.82) is 0 Å². The second-order valence-corrected chi connectivity index (χ2v) is 6.27. The zero-order valence-corrected chi connectivity index (χ0v) is 13.5. The van der Waals surface area contributed by atoms with Gasteiger partial charge in [0.1, 0.15) is 0 Å². The fraction of sp³-hybridized carbons (Fsp3) is 0.353. The van der Waals surface area contributed by atoms with Crippen LogP contribution < -0.4 is 10.6 Å². The lowest BCUT2D eigenvalue weighted by molar-refractivity contribution is 0.0937. The molecule has 0 spiro atoms. The van der Waals surface area contributed by atoms with Crippen molar-refractivity contribution in [1.82, 2.24) is 5.32 Å². The van der Waals surface area contributed by atoms with Gasteiger partial charge in [0, 0.05) is 16.6 Å². The molecule has 2 aromatic rings. The summed E-state index contributed by atoms with van der Waals surface area (Å²) in [5, 5.41) is 8.49. The SMILES string of the molecule is CCC(NC(=O)c1ccccc1NC(C)C)c1cccs1. The summed E-state index contributed by atoms with van der Waals surface area (Å²) < 4.78 is 0. The number of carbonyl (C=O) groups is 1. The van der Waals surface area contributed by atoms with Gasteiger partial charge >= 0.3 is 0 Å². The van der Waals surface area contributed by atoms with Gasteiger partial charge in [-0.2, -0.15) is 0 Å². The van der Waals surface area contributed by atoms with Crippen molar-refractivity contribution >= 4 is 22.9 Å². The molecule has 0 fully saturated rings. The first-order chi connectivity index (χ1) is 10.1. The van der Waals surface area contributed by atoms with E-state index in [1.807, 2.05) is 35.7 Å². The molecule has 0 saturated carbocycles. The summed E-state index contributed by atoms with van der Waals surface area (Å²) in [6, 6.07) is 12.1. The number of amides is 1. The number of hydrogen-bond acceptors (Lipinski definition) is 3. The van der Waals surface area contributed by atoms with Crippen LogP contribution in [-0.4, -0.2) is 11.9 Å². The summed E-state index contributed by atoms with van der Waals surface area (Å²) >= 11 is 1.68. The van der Waals surface area contributed by atoms with E-state index in [0.29, 0.717) is 11.6 Å². The molecule has 0 radical (unpaired) electrons. The Bertz CT molecular complexity index is 578. The molecule has 2 rings (SSSR count). The maximum absolute atomic E-state index is 12.6. The van der Waals surface area contributed by atoms with E-state index < -0.39 is 0 Å². The van der Waals surface area contributed by atoms with E-state index in [-0.39, 0.29) is 11.9 Å². The van der Waals surface area contributed by atoms with Gasteiger partial charge < -0.3 is 10.6 Å². The zero-order valence-electron chi connectivity index (χ0n) is 12.7. The third-order valence-corrected chi connectivity index (χ3v) is 4.20. The summed E-state index contributed by atoms with van der Waals surface area (Å²) in [6.07, 6.45) is 0.881. The van der Waals surface area contributed by atoms with E-state index in [2.05, 4.69) is 37.5 Å². The average molecular weight is 302 g/mol. The van der Waals surface area contributed by atoms with Crippen LogP contribution in [0.4, 0.5) is 5.69 Å². The molecule has 1 heterocycles. The van der Waals surface area contributed by atoms with E-state index in [1.54, 1.807) is 11.3 Å². The molecule has 1 unspecified atom stereocenters. The molecule has 0 saturated heterocycles. The zero-order chi connectivity index (χ0) is 15.2. The van der Waals surface area contributed by atoms with Crippen molar-refractivity contribution in [2.24, 2.45) is 0 Å². The van der Waals surface area contributed by atoms with Gasteiger partial charge in [-0.05, 0) is 43.8 Å². The second-order valence-electron chi connectivity index (χ2n) is 5.29. The van der Waals surface area contributed by atoms with Gasteiger partial charge in [-0.25, -0.2) is 0 Å². The topological polar surface area (TPSA) is 41.1 Å². The van der Waals surface area contributed by atoms with Gasteiger partial charge in [0.15, 0.2) is 0 Å². The predicted octanol–water partition coefficient (Wildman–Crippen LogP) is 4.45. The predicted molar refractivity (Wildman–Crippen MR) is 90.0 cm³/mol. The molecule has 3 nitrogen and oxygen atoms in total. The van der Waals surface area contributed by atoms with E-state index in [4.69, 9.17) is 0 Å². The van der Waals surface area contributed by atoms with Gasteiger partial charge in [0.2, 0.25) is 0 Å². The smallest absolute Gasteiger partial charge is 0.253 e. The van der Waals surface area contributed by atoms with Crippen LogP contribution >= 0.6 is 11.3 Å². The van der Waals surface area contributed by atoms with Crippen LogP contribution in [0.2, 0.25) is 0 Å². The van der Waals surface area contributed by atoms with Crippen LogP contribution in [-0.2, 0) is 0 Å². The van der Waals surface area contributed by atoms with Gasteiger partial charge in [0.05, 0.1) is 11.6 Å². The third kappa shape index (κ3) is 4.08. The fourth-order valence-electron chi connectivity index (χ4n) is 2.22. The summed E-state index contributed by atoms with van der Waals surface area (Å²) in [6.45, 7) is 6.22. The van der Waals surface area contributed by atoms with Crippen molar-refractivity contribution in [3.05, 3.63) is 52.2 Å². The molecule has 0 bridgehead atoms. The van der Waals surface area contributed by atoms with Crippen molar-refractivity contribution in [2.45, 2.75) is 39.3 Å². The number of anilines is 1. The highest BCUT2D eigenvalue weighted by atomic mass is 32.1. The first-order valence-corrected chi connectivity index (χ1v) is 8.19. The molecule has 1 aromatic heterocycles. The highest BCUT2D eigenvalue weighted by Gasteiger charge is 2.17. The lowest BCUT2D eigenvalue weighted by Gasteiger charge is -2.18. The van der Waals surface area contributed by atoms with Crippen LogP contribution in [0.15, 0.2) is 41.8 Å². The molecule has 0 aliphatic carbocycles. The molecule has 21 heavy (non-hydrogen) atoms. The quantitative estimate of drug-likeness (QED) is 0.827.